The molecular weight excluding hydrogens is 444 g/mol. The third kappa shape index (κ3) is 5.84. The molecule has 35 heavy (non-hydrogen) atoms. The third-order valence-electron chi connectivity index (χ3n) is 7.29. The third-order valence-corrected chi connectivity index (χ3v) is 7.29. The second-order valence-corrected chi connectivity index (χ2v) is 9.61. The number of carboxylic acid groups (broad SMARTS) is 1. The molecule has 0 aliphatic heterocycles. The molecule has 0 aromatic heterocycles. The van der Waals surface area contributed by atoms with Gasteiger partial charge in [0.15, 0.2) is 0 Å². The van der Waals surface area contributed by atoms with Crippen LogP contribution in [0.4, 0.5) is 4.79 Å². The summed E-state index contributed by atoms with van der Waals surface area (Å²) in [6, 6.07) is 15.7. The fraction of sp³-hybridized carbons (Fsp3) is 0.464. The van der Waals surface area contributed by atoms with Gasteiger partial charge in [0.05, 0.1) is 0 Å². The van der Waals surface area contributed by atoms with E-state index >= 15 is 0 Å². The Labute approximate surface area is 206 Å². The van der Waals surface area contributed by atoms with Crippen molar-refractivity contribution in [3.8, 4) is 11.1 Å². The minimum atomic E-state index is -0.985. The number of alkyl carbamates (subject to hydrolysis) is 1. The highest BCUT2D eigenvalue weighted by molar-refractivity contribution is 5.85. The number of nitrogens with one attached hydrogen (secondary N) is 2. The Hall–Kier alpha value is -3.35. The first-order valence-corrected chi connectivity index (χ1v) is 12.6. The van der Waals surface area contributed by atoms with Crippen molar-refractivity contribution in [3.63, 3.8) is 0 Å². The Kier molecular flexibility index (Phi) is 8.06. The summed E-state index contributed by atoms with van der Waals surface area (Å²) in [4.78, 5) is 36.2. The maximum atomic E-state index is 12.5. The van der Waals surface area contributed by atoms with E-state index in [1.54, 1.807) is 0 Å². The van der Waals surface area contributed by atoms with Gasteiger partial charge >= 0.3 is 12.1 Å². The van der Waals surface area contributed by atoms with Gasteiger partial charge in [-0.2, -0.15) is 0 Å². The highest BCUT2D eigenvalue weighted by Crippen LogP contribution is 2.44. The Balaban J connectivity index is 1.21. The molecule has 1 unspecified atom stereocenters. The first-order valence-electron chi connectivity index (χ1n) is 12.6. The lowest BCUT2D eigenvalue weighted by molar-refractivity contribution is -0.142. The molecule has 1 atom stereocenters. The number of carbonyl (C=O) groups is 3. The Morgan fingerprint density at radius 1 is 0.971 bits per heavy atom. The predicted molar refractivity (Wildman–Crippen MR) is 133 cm³/mol. The first kappa shape index (κ1) is 24.8. The molecule has 2 amide bonds. The molecular formula is C28H34N2O5. The zero-order valence-corrected chi connectivity index (χ0v) is 20.2. The normalized spacial score (nSPS) is 19.8. The molecule has 2 aliphatic carbocycles. The van der Waals surface area contributed by atoms with E-state index in [0.717, 1.165) is 12.8 Å². The van der Waals surface area contributed by atoms with Crippen molar-refractivity contribution in [1.29, 1.82) is 0 Å². The number of carbonyl (C=O) groups excluding carboxylic acids is 2. The number of fused-ring (bicyclic) bond motifs is 3. The second-order valence-electron chi connectivity index (χ2n) is 9.61. The van der Waals surface area contributed by atoms with Crippen LogP contribution in [0.25, 0.3) is 11.1 Å². The van der Waals surface area contributed by atoms with E-state index in [2.05, 4.69) is 34.9 Å². The molecule has 4 rings (SSSR count). The molecule has 3 N–H and O–H groups in total. The van der Waals surface area contributed by atoms with E-state index in [4.69, 9.17) is 4.74 Å². The first-order chi connectivity index (χ1) is 17.0. The van der Waals surface area contributed by atoms with Crippen molar-refractivity contribution in [2.75, 3.05) is 13.2 Å². The quantitative estimate of drug-likeness (QED) is 0.485. The minimum Gasteiger partial charge on any atom is -0.480 e. The molecule has 186 valence electrons. The van der Waals surface area contributed by atoms with E-state index in [1.165, 1.54) is 22.3 Å². The van der Waals surface area contributed by atoms with Crippen molar-refractivity contribution in [1.82, 2.24) is 10.6 Å². The average Bonchev–Trinajstić information content (AvgIpc) is 3.20. The monoisotopic (exact) mass is 478 g/mol. The van der Waals surface area contributed by atoms with Gasteiger partial charge in [-0.15, -0.1) is 0 Å². The lowest BCUT2D eigenvalue weighted by atomic mass is 9.81. The van der Waals surface area contributed by atoms with Crippen LogP contribution < -0.4 is 10.6 Å². The summed E-state index contributed by atoms with van der Waals surface area (Å²) >= 11 is 0. The summed E-state index contributed by atoms with van der Waals surface area (Å²) in [5.74, 6) is -1.01. The summed E-state index contributed by atoms with van der Waals surface area (Å²) in [6.45, 7) is 2.70. The molecule has 7 heteroatoms. The fourth-order valence-corrected chi connectivity index (χ4v) is 5.34. The van der Waals surface area contributed by atoms with Crippen LogP contribution in [0.5, 0.6) is 0 Å². The van der Waals surface area contributed by atoms with Crippen molar-refractivity contribution < 1.29 is 24.2 Å². The Morgan fingerprint density at radius 2 is 1.57 bits per heavy atom. The molecule has 2 aromatic rings. The Morgan fingerprint density at radius 3 is 2.14 bits per heavy atom. The molecule has 2 aromatic carbocycles. The number of hydrogen-bond acceptors (Lipinski definition) is 4. The van der Waals surface area contributed by atoms with Gasteiger partial charge in [-0.25, -0.2) is 9.59 Å². The zero-order valence-electron chi connectivity index (χ0n) is 20.2. The highest BCUT2D eigenvalue weighted by atomic mass is 16.5. The number of benzene rings is 2. The Bertz CT molecular complexity index is 1020. The maximum absolute atomic E-state index is 12.5. The molecule has 0 bridgehead atoms. The van der Waals surface area contributed by atoms with Crippen LogP contribution in [0.1, 0.15) is 62.5 Å². The molecule has 0 heterocycles. The van der Waals surface area contributed by atoms with E-state index in [1.807, 2.05) is 31.2 Å². The zero-order chi connectivity index (χ0) is 24.8. The van der Waals surface area contributed by atoms with Gasteiger partial charge in [0.1, 0.15) is 12.6 Å². The smallest absolute Gasteiger partial charge is 0.407 e. The van der Waals surface area contributed by atoms with Crippen LogP contribution in [0.3, 0.4) is 0 Å². The van der Waals surface area contributed by atoms with Gasteiger partial charge in [-0.1, -0.05) is 61.9 Å². The molecule has 0 spiro atoms. The van der Waals surface area contributed by atoms with E-state index in [0.29, 0.717) is 32.2 Å². The summed E-state index contributed by atoms with van der Waals surface area (Å²) in [7, 11) is 0. The molecule has 1 fully saturated rings. The van der Waals surface area contributed by atoms with Gasteiger partial charge in [-0.3, -0.25) is 4.79 Å². The predicted octanol–water partition coefficient (Wildman–Crippen LogP) is 4.70. The number of amides is 2. The second kappa shape index (κ2) is 11.4. The van der Waals surface area contributed by atoms with Gasteiger partial charge < -0.3 is 20.5 Å². The van der Waals surface area contributed by atoms with Crippen LogP contribution in [-0.2, 0) is 14.3 Å². The number of aliphatic carboxylic acids is 1. The van der Waals surface area contributed by atoms with E-state index in [9.17, 15) is 19.5 Å². The number of carboxylic acids is 1. The van der Waals surface area contributed by atoms with Crippen molar-refractivity contribution in [3.05, 3.63) is 59.7 Å². The summed E-state index contributed by atoms with van der Waals surface area (Å²) < 4.78 is 5.61. The van der Waals surface area contributed by atoms with Crippen molar-refractivity contribution in [2.24, 2.45) is 11.8 Å². The largest absolute Gasteiger partial charge is 0.480 e. The fourth-order valence-electron chi connectivity index (χ4n) is 5.34. The van der Waals surface area contributed by atoms with Crippen molar-refractivity contribution >= 4 is 18.0 Å². The maximum Gasteiger partial charge on any atom is 0.407 e. The van der Waals surface area contributed by atoms with Gasteiger partial charge in [0.25, 0.3) is 0 Å². The van der Waals surface area contributed by atoms with Crippen LogP contribution in [0, 0.1) is 11.8 Å². The van der Waals surface area contributed by atoms with Crippen LogP contribution in [-0.4, -0.2) is 42.3 Å². The lowest BCUT2D eigenvalue weighted by Gasteiger charge is -2.28. The van der Waals surface area contributed by atoms with Crippen LogP contribution in [0.2, 0.25) is 0 Å². The van der Waals surface area contributed by atoms with E-state index in [-0.39, 0.29) is 30.3 Å². The topological polar surface area (TPSA) is 105 Å². The summed E-state index contributed by atoms with van der Waals surface area (Å²) in [5.41, 5.74) is 4.76. The van der Waals surface area contributed by atoms with Crippen LogP contribution in [0.15, 0.2) is 48.5 Å². The molecule has 2 aliphatic rings. The standard InChI is InChI=1S/C28H34N2O5/c1-2-7-25(27(32)33)30-26(31)19-14-12-18(13-15-19)16-29-28(34)35-17-24-22-10-5-3-8-20(22)21-9-4-6-11-23(21)24/h3-6,8-11,18-19,24-25H,2,7,12-17H2,1H3,(H,29,34)(H,30,31)(H,32,33). The van der Waals surface area contributed by atoms with Gasteiger partial charge in [0.2, 0.25) is 5.91 Å². The van der Waals surface area contributed by atoms with Crippen molar-refractivity contribution in [2.45, 2.75) is 57.4 Å². The molecule has 7 nitrogen and oxygen atoms in total. The van der Waals surface area contributed by atoms with E-state index < -0.39 is 18.1 Å². The summed E-state index contributed by atoms with van der Waals surface area (Å²) in [5, 5.41) is 14.8. The van der Waals surface area contributed by atoms with Crippen LogP contribution >= 0.6 is 0 Å². The number of ether oxygens (including phenoxy) is 1. The molecule has 0 radical (unpaired) electrons. The SMILES string of the molecule is CCCC(NC(=O)C1CCC(CNC(=O)OCC2c3ccccc3-c3ccccc32)CC1)C(=O)O. The molecule has 0 saturated heterocycles. The summed E-state index contributed by atoms with van der Waals surface area (Å²) in [6.07, 6.45) is 3.73. The lowest BCUT2D eigenvalue weighted by Crippen LogP contribution is -2.44. The molecule has 1 saturated carbocycles. The van der Waals surface area contributed by atoms with Gasteiger partial charge in [-0.05, 0) is 60.3 Å². The average molecular weight is 479 g/mol. The van der Waals surface area contributed by atoms with Gasteiger partial charge in [0, 0.05) is 18.4 Å². The highest BCUT2D eigenvalue weighted by Gasteiger charge is 2.31. The number of rotatable bonds is 9. The number of hydrogen-bond donors (Lipinski definition) is 3. The minimum absolute atomic E-state index is 0.0319.